The molecule has 0 radical (unpaired) electrons. The van der Waals surface area contributed by atoms with Crippen molar-refractivity contribution in [1.82, 2.24) is 14.9 Å². The monoisotopic (exact) mass is 534 g/mol. The number of aromatic nitrogens is 2. The molecular formula is C27H30N6O6. The lowest BCUT2D eigenvalue weighted by Gasteiger charge is -2.30. The topological polar surface area (TPSA) is 147 Å². The zero-order valence-corrected chi connectivity index (χ0v) is 21.9. The maximum absolute atomic E-state index is 13.4. The van der Waals surface area contributed by atoms with Gasteiger partial charge < -0.3 is 19.1 Å². The van der Waals surface area contributed by atoms with E-state index < -0.39 is 12.1 Å². The van der Waals surface area contributed by atoms with E-state index >= 15 is 0 Å². The summed E-state index contributed by atoms with van der Waals surface area (Å²) < 4.78 is 16.6. The van der Waals surface area contributed by atoms with Crippen LogP contribution in [0.4, 0.5) is 16.4 Å². The summed E-state index contributed by atoms with van der Waals surface area (Å²) in [5.41, 5.74) is 2.54. The van der Waals surface area contributed by atoms with Gasteiger partial charge in [-0.25, -0.2) is 14.8 Å². The molecule has 39 heavy (non-hydrogen) atoms. The molecule has 12 nitrogen and oxygen atoms in total. The molecule has 0 saturated carbocycles. The average molecular weight is 535 g/mol. The third-order valence-corrected chi connectivity index (χ3v) is 7.16. The fourth-order valence-electron chi connectivity index (χ4n) is 5.27. The molecule has 0 unspecified atom stereocenters. The fourth-order valence-corrected chi connectivity index (χ4v) is 5.27. The van der Waals surface area contributed by atoms with Gasteiger partial charge in [-0.05, 0) is 37.3 Å². The highest BCUT2D eigenvalue weighted by Crippen LogP contribution is 2.37. The molecule has 5 heterocycles. The number of amides is 3. The molecule has 12 heteroatoms. The fraction of sp³-hybridized carbons (Fsp3) is 0.481. The number of likely N-dealkylation sites (N-methyl/N-ethyl adjacent to an activating group) is 1. The summed E-state index contributed by atoms with van der Waals surface area (Å²) in [5.74, 6) is 0.983. The predicted octanol–water partition coefficient (Wildman–Crippen LogP) is 2.23. The number of aldehydes is 1. The van der Waals surface area contributed by atoms with Gasteiger partial charge in [0.1, 0.15) is 46.9 Å². The zero-order valence-electron chi connectivity index (χ0n) is 21.9. The van der Waals surface area contributed by atoms with Crippen LogP contribution in [0.1, 0.15) is 52.0 Å². The highest BCUT2D eigenvalue weighted by molar-refractivity contribution is 6.02. The number of pyridine rings is 2. The van der Waals surface area contributed by atoms with Gasteiger partial charge >= 0.3 is 6.03 Å². The van der Waals surface area contributed by atoms with Crippen molar-refractivity contribution in [2.75, 3.05) is 44.1 Å². The summed E-state index contributed by atoms with van der Waals surface area (Å²) in [4.78, 5) is 50.1. The molecule has 1 N–H and O–H groups in total. The molecular weight excluding hydrogens is 504 g/mol. The van der Waals surface area contributed by atoms with Crippen LogP contribution < -0.4 is 15.0 Å². The van der Waals surface area contributed by atoms with Gasteiger partial charge in [0.25, 0.3) is 5.91 Å². The van der Waals surface area contributed by atoms with E-state index in [1.165, 1.54) is 11.1 Å². The van der Waals surface area contributed by atoms with Crippen LogP contribution >= 0.6 is 0 Å². The van der Waals surface area contributed by atoms with E-state index in [0.717, 1.165) is 12.0 Å². The van der Waals surface area contributed by atoms with Crippen LogP contribution in [0.5, 0.6) is 5.75 Å². The first-order valence-electron chi connectivity index (χ1n) is 12.9. The summed E-state index contributed by atoms with van der Waals surface area (Å²) in [7, 11) is 3.25. The Morgan fingerprint density at radius 2 is 2.23 bits per heavy atom. The third kappa shape index (κ3) is 5.28. The van der Waals surface area contributed by atoms with Crippen molar-refractivity contribution in [1.29, 1.82) is 5.26 Å². The molecule has 0 aliphatic carbocycles. The number of fused-ring (bicyclic) bond motifs is 2. The van der Waals surface area contributed by atoms with Gasteiger partial charge in [-0.2, -0.15) is 5.26 Å². The lowest BCUT2D eigenvalue weighted by Crippen LogP contribution is -2.40. The van der Waals surface area contributed by atoms with E-state index in [2.05, 4.69) is 21.4 Å². The van der Waals surface area contributed by atoms with Gasteiger partial charge in [-0.3, -0.25) is 19.8 Å². The Hall–Kier alpha value is -4.08. The number of anilines is 2. The molecule has 0 spiro atoms. The van der Waals surface area contributed by atoms with Crippen LogP contribution in [0.15, 0.2) is 12.3 Å². The van der Waals surface area contributed by atoms with Crippen molar-refractivity contribution >= 4 is 29.9 Å². The number of carbonyl (C=O) groups is 3. The Balaban J connectivity index is 1.37. The summed E-state index contributed by atoms with van der Waals surface area (Å²) in [6.45, 7) is 1.52. The maximum atomic E-state index is 13.4. The Bertz CT molecular complexity index is 1340. The SMILES string of the molecule is COC[C@@H]1Cc2c(NC(=O)N3CCCc4cc(CN(C)C(=O)[C@H]5CCCO5)c(C=O)nc43)ncc(C#N)c2O1. The number of aryl methyl sites for hydroxylation is 1. The standard InChI is InChI=1S/C27H30N6O6/c1-32(26(35)22-6-4-8-38-22)13-17-9-16-5-3-7-33(25(16)30-21(17)14-34)27(36)31-24-20-10-19(15-37-2)39-23(20)18(11-28)12-29-24/h9,12,14,19,22H,3-8,10,13,15H2,1-2H3,(H,29,31,36)/t19-,22+/m0/s1. The minimum Gasteiger partial charge on any atom is -0.486 e. The van der Waals surface area contributed by atoms with Gasteiger partial charge in [-0.1, -0.05) is 0 Å². The number of nitrogens with zero attached hydrogens (tertiary/aromatic N) is 5. The van der Waals surface area contributed by atoms with Crippen molar-refractivity contribution in [3.8, 4) is 11.8 Å². The number of nitriles is 1. The van der Waals surface area contributed by atoms with Crippen LogP contribution in [0.2, 0.25) is 0 Å². The Morgan fingerprint density at radius 1 is 1.38 bits per heavy atom. The lowest BCUT2D eigenvalue weighted by molar-refractivity contribution is -0.140. The zero-order chi connectivity index (χ0) is 27.5. The predicted molar refractivity (Wildman–Crippen MR) is 139 cm³/mol. The molecule has 2 aromatic heterocycles. The number of carbonyl (C=O) groups excluding carboxylic acids is 3. The van der Waals surface area contributed by atoms with E-state index in [0.29, 0.717) is 80.2 Å². The quantitative estimate of drug-likeness (QED) is 0.528. The van der Waals surface area contributed by atoms with Crippen LogP contribution in [-0.2, 0) is 33.7 Å². The highest BCUT2D eigenvalue weighted by atomic mass is 16.5. The van der Waals surface area contributed by atoms with Gasteiger partial charge in [0.2, 0.25) is 0 Å². The minimum absolute atomic E-state index is 0.123. The minimum atomic E-state index is -0.452. The molecule has 1 fully saturated rings. The Labute approximate surface area is 225 Å². The smallest absolute Gasteiger partial charge is 0.328 e. The second kappa shape index (κ2) is 11.3. The maximum Gasteiger partial charge on any atom is 0.328 e. The van der Waals surface area contributed by atoms with Crippen molar-refractivity contribution in [3.63, 3.8) is 0 Å². The normalized spacial score (nSPS) is 19.5. The van der Waals surface area contributed by atoms with E-state index in [-0.39, 0.29) is 29.8 Å². The molecule has 0 bridgehead atoms. The molecule has 3 aliphatic heterocycles. The average Bonchev–Trinajstić information content (AvgIpc) is 3.63. The van der Waals surface area contributed by atoms with Crippen molar-refractivity contribution in [3.05, 3.63) is 40.2 Å². The molecule has 0 aromatic carbocycles. The number of nitrogens with one attached hydrogen (secondary N) is 1. The molecule has 2 aromatic rings. The van der Waals surface area contributed by atoms with Crippen molar-refractivity contribution in [2.45, 2.75) is 50.9 Å². The number of urea groups is 1. The molecule has 2 atom stereocenters. The van der Waals surface area contributed by atoms with Crippen LogP contribution in [0.25, 0.3) is 0 Å². The number of ether oxygens (including phenoxy) is 3. The van der Waals surface area contributed by atoms with Crippen molar-refractivity contribution in [2.24, 2.45) is 0 Å². The van der Waals surface area contributed by atoms with Crippen LogP contribution in [0, 0.1) is 11.3 Å². The largest absolute Gasteiger partial charge is 0.486 e. The molecule has 3 amide bonds. The van der Waals surface area contributed by atoms with E-state index in [9.17, 15) is 19.6 Å². The van der Waals surface area contributed by atoms with Crippen LogP contribution in [0.3, 0.4) is 0 Å². The van der Waals surface area contributed by atoms with E-state index in [1.54, 1.807) is 19.1 Å². The Kier molecular flexibility index (Phi) is 7.72. The molecule has 5 rings (SSSR count). The van der Waals surface area contributed by atoms with Crippen molar-refractivity contribution < 1.29 is 28.6 Å². The van der Waals surface area contributed by atoms with E-state index in [1.807, 2.05) is 6.07 Å². The number of hydrogen-bond acceptors (Lipinski definition) is 9. The number of rotatable bonds is 7. The van der Waals surface area contributed by atoms with Gasteiger partial charge in [-0.15, -0.1) is 0 Å². The van der Waals surface area contributed by atoms with Gasteiger partial charge in [0.05, 0.1) is 12.8 Å². The number of methoxy groups -OCH3 is 1. The van der Waals surface area contributed by atoms with Crippen LogP contribution in [-0.4, -0.2) is 79.2 Å². The molecule has 204 valence electrons. The van der Waals surface area contributed by atoms with E-state index in [4.69, 9.17) is 14.2 Å². The third-order valence-electron chi connectivity index (χ3n) is 7.16. The van der Waals surface area contributed by atoms with Gasteiger partial charge in [0, 0.05) is 51.4 Å². The molecule has 3 aliphatic rings. The summed E-state index contributed by atoms with van der Waals surface area (Å²) >= 11 is 0. The lowest BCUT2D eigenvalue weighted by atomic mass is 10.0. The Morgan fingerprint density at radius 3 is 2.95 bits per heavy atom. The first kappa shape index (κ1) is 26.5. The highest BCUT2D eigenvalue weighted by Gasteiger charge is 2.32. The second-order valence-corrected chi connectivity index (χ2v) is 9.85. The van der Waals surface area contributed by atoms with Gasteiger partial charge in [0.15, 0.2) is 6.29 Å². The summed E-state index contributed by atoms with van der Waals surface area (Å²) in [6, 6.07) is 3.48. The summed E-state index contributed by atoms with van der Waals surface area (Å²) in [6.07, 6.45) is 4.64. The number of hydrogen-bond donors (Lipinski definition) is 1. The second-order valence-electron chi connectivity index (χ2n) is 9.85. The first-order chi connectivity index (χ1) is 18.9. The summed E-state index contributed by atoms with van der Waals surface area (Å²) in [5, 5.41) is 12.3. The first-order valence-corrected chi connectivity index (χ1v) is 12.9. The molecule has 1 saturated heterocycles.